The van der Waals surface area contributed by atoms with Crippen molar-refractivity contribution in [2.24, 2.45) is 0 Å². The van der Waals surface area contributed by atoms with Crippen LogP contribution in [0.4, 0.5) is 0 Å². The first kappa shape index (κ1) is 15.4. The summed E-state index contributed by atoms with van der Waals surface area (Å²) < 4.78 is 11.7. The molecule has 0 aromatic heterocycles. The molecule has 0 unspecified atom stereocenters. The van der Waals surface area contributed by atoms with Crippen molar-refractivity contribution in [2.75, 3.05) is 6.61 Å². The summed E-state index contributed by atoms with van der Waals surface area (Å²) in [4.78, 5) is 11.4. The Morgan fingerprint density at radius 2 is 2.00 bits per heavy atom. The molecule has 0 bridgehead atoms. The summed E-state index contributed by atoms with van der Waals surface area (Å²) in [5.74, 6) is -0.329. The number of benzene rings is 1. The topological polar surface area (TPSA) is 35.5 Å². The van der Waals surface area contributed by atoms with Crippen LogP contribution in [-0.2, 0) is 20.9 Å². The molecule has 0 spiro atoms. The molecule has 0 aliphatic heterocycles. The Morgan fingerprint density at radius 1 is 1.33 bits per heavy atom. The maximum atomic E-state index is 11.4. The lowest BCUT2D eigenvalue weighted by molar-refractivity contribution is -0.160. The fraction of sp³-hybridized carbons (Fsp3) is 0.500. The van der Waals surface area contributed by atoms with Crippen LogP contribution in [0.2, 0.25) is 0 Å². The number of carbonyl (C=O) groups is 1. The van der Waals surface area contributed by atoms with Crippen molar-refractivity contribution in [3.8, 4) is 0 Å². The smallest absolute Gasteiger partial charge is 0.332 e. The van der Waals surface area contributed by atoms with Gasteiger partial charge in [0.25, 0.3) is 0 Å². The first-order chi connectivity index (χ1) is 8.28. The Hall–Kier alpha value is -0.620. The maximum absolute atomic E-state index is 11.4. The lowest BCUT2D eigenvalue weighted by atomic mass is 10.2. The fourth-order valence-corrected chi connectivity index (χ4v) is 1.93. The monoisotopic (exact) mass is 362 g/mol. The largest absolute Gasteiger partial charge is 0.458 e. The number of ether oxygens (including phenoxy) is 2. The van der Waals surface area contributed by atoms with Crippen LogP contribution >= 0.6 is 22.6 Å². The molecular weight excluding hydrogens is 343 g/mol. The average Bonchev–Trinajstić information content (AvgIpc) is 2.20. The van der Waals surface area contributed by atoms with Gasteiger partial charge in [0.15, 0.2) is 0 Å². The summed E-state index contributed by atoms with van der Waals surface area (Å²) in [6.07, 6.45) is 0. The van der Waals surface area contributed by atoms with Gasteiger partial charge in [-0.1, -0.05) is 12.1 Å². The van der Waals surface area contributed by atoms with Gasteiger partial charge >= 0.3 is 5.97 Å². The minimum atomic E-state index is -0.459. The molecule has 3 nitrogen and oxygen atoms in total. The third-order valence-corrected chi connectivity index (χ3v) is 3.31. The third-order valence-electron chi connectivity index (χ3n) is 2.14. The second kappa shape index (κ2) is 6.52. The van der Waals surface area contributed by atoms with Crippen LogP contribution in [0.15, 0.2) is 18.2 Å². The van der Waals surface area contributed by atoms with E-state index in [2.05, 4.69) is 35.6 Å². The summed E-state index contributed by atoms with van der Waals surface area (Å²) in [5, 5.41) is 0. The Bertz CT molecular complexity index is 422. The van der Waals surface area contributed by atoms with E-state index in [9.17, 15) is 4.79 Å². The molecule has 0 amide bonds. The van der Waals surface area contributed by atoms with Crippen LogP contribution in [0.1, 0.15) is 31.9 Å². The highest BCUT2D eigenvalue weighted by Crippen LogP contribution is 2.14. The predicted octanol–water partition coefficient (Wildman–Crippen LogP) is 3.46. The maximum Gasteiger partial charge on any atom is 0.332 e. The van der Waals surface area contributed by atoms with E-state index >= 15 is 0 Å². The van der Waals surface area contributed by atoms with E-state index in [1.54, 1.807) is 0 Å². The molecule has 0 aliphatic carbocycles. The van der Waals surface area contributed by atoms with Crippen molar-refractivity contribution in [2.45, 2.75) is 39.9 Å². The lowest BCUT2D eigenvalue weighted by Crippen LogP contribution is -2.26. The number of rotatable bonds is 4. The van der Waals surface area contributed by atoms with E-state index in [4.69, 9.17) is 9.47 Å². The second-order valence-corrected chi connectivity index (χ2v) is 6.32. The molecule has 0 fully saturated rings. The van der Waals surface area contributed by atoms with Crippen molar-refractivity contribution in [1.29, 1.82) is 0 Å². The molecule has 0 saturated heterocycles. The summed E-state index contributed by atoms with van der Waals surface area (Å²) in [7, 11) is 0. The summed E-state index contributed by atoms with van der Waals surface area (Å²) in [5.41, 5.74) is 1.85. The van der Waals surface area contributed by atoms with Gasteiger partial charge in [0.2, 0.25) is 0 Å². The van der Waals surface area contributed by atoms with Crippen molar-refractivity contribution >= 4 is 28.6 Å². The van der Waals surface area contributed by atoms with Crippen molar-refractivity contribution < 1.29 is 14.3 Å². The van der Waals surface area contributed by atoms with E-state index in [0.717, 1.165) is 5.56 Å². The standard InChI is InChI=1S/C14H19IO3/c1-10-5-6-11(7-12(10)15)8-17-9-13(16)18-14(2,3)4/h5-7H,8-9H2,1-4H3. The zero-order valence-corrected chi connectivity index (χ0v) is 13.4. The number of hydrogen-bond acceptors (Lipinski definition) is 3. The Kier molecular flexibility index (Phi) is 5.59. The fourth-order valence-electron chi connectivity index (χ4n) is 1.35. The first-order valence-electron chi connectivity index (χ1n) is 5.82. The zero-order chi connectivity index (χ0) is 13.8. The summed E-state index contributed by atoms with van der Waals surface area (Å²) in [6.45, 7) is 8.00. The normalized spacial score (nSPS) is 11.4. The lowest BCUT2D eigenvalue weighted by Gasteiger charge is -2.19. The van der Waals surface area contributed by atoms with E-state index < -0.39 is 5.60 Å². The second-order valence-electron chi connectivity index (χ2n) is 5.16. The number of esters is 1. The van der Waals surface area contributed by atoms with Crippen molar-refractivity contribution in [3.05, 3.63) is 32.9 Å². The summed E-state index contributed by atoms with van der Waals surface area (Å²) in [6, 6.07) is 6.12. The minimum Gasteiger partial charge on any atom is -0.458 e. The van der Waals surface area contributed by atoms with Gasteiger partial charge in [-0.05, 0) is 67.5 Å². The Morgan fingerprint density at radius 3 is 2.56 bits per heavy atom. The molecule has 4 heteroatoms. The predicted molar refractivity (Wildman–Crippen MR) is 79.4 cm³/mol. The molecule has 18 heavy (non-hydrogen) atoms. The molecule has 100 valence electrons. The average molecular weight is 362 g/mol. The van der Waals surface area contributed by atoms with Gasteiger partial charge in [0.05, 0.1) is 6.61 Å². The van der Waals surface area contributed by atoms with Crippen LogP contribution in [0.25, 0.3) is 0 Å². The number of aryl methyl sites for hydroxylation is 1. The molecular formula is C14H19IO3. The molecule has 1 aromatic rings. The Balaban J connectivity index is 2.38. The Labute approximate surface area is 122 Å². The van der Waals surface area contributed by atoms with Crippen molar-refractivity contribution in [1.82, 2.24) is 0 Å². The number of halogens is 1. The minimum absolute atomic E-state index is 0.0122. The molecule has 0 radical (unpaired) electrons. The highest BCUT2D eigenvalue weighted by molar-refractivity contribution is 14.1. The molecule has 1 aromatic carbocycles. The molecule has 0 saturated carbocycles. The molecule has 0 atom stereocenters. The third kappa shape index (κ3) is 5.82. The highest BCUT2D eigenvalue weighted by Gasteiger charge is 2.15. The van der Waals surface area contributed by atoms with Gasteiger partial charge < -0.3 is 9.47 Å². The van der Waals surface area contributed by atoms with Gasteiger partial charge in [0, 0.05) is 3.57 Å². The highest BCUT2D eigenvalue weighted by atomic mass is 127. The quantitative estimate of drug-likeness (QED) is 0.608. The van der Waals surface area contributed by atoms with E-state index in [0.29, 0.717) is 6.61 Å². The van der Waals surface area contributed by atoms with Gasteiger partial charge in [-0.25, -0.2) is 4.79 Å². The van der Waals surface area contributed by atoms with Crippen LogP contribution in [0.3, 0.4) is 0 Å². The van der Waals surface area contributed by atoms with Crippen LogP contribution < -0.4 is 0 Å². The first-order valence-corrected chi connectivity index (χ1v) is 6.90. The summed E-state index contributed by atoms with van der Waals surface area (Å²) >= 11 is 2.29. The molecule has 0 aliphatic rings. The van der Waals surface area contributed by atoms with E-state index in [-0.39, 0.29) is 12.6 Å². The van der Waals surface area contributed by atoms with Crippen LogP contribution in [-0.4, -0.2) is 18.2 Å². The number of carbonyl (C=O) groups excluding carboxylic acids is 1. The zero-order valence-electron chi connectivity index (χ0n) is 11.2. The number of hydrogen-bond donors (Lipinski definition) is 0. The van der Waals surface area contributed by atoms with Gasteiger partial charge in [-0.3, -0.25) is 0 Å². The van der Waals surface area contributed by atoms with Gasteiger partial charge in [-0.15, -0.1) is 0 Å². The van der Waals surface area contributed by atoms with E-state index in [1.165, 1.54) is 9.13 Å². The van der Waals surface area contributed by atoms with Gasteiger partial charge in [-0.2, -0.15) is 0 Å². The molecule has 0 N–H and O–H groups in total. The van der Waals surface area contributed by atoms with Gasteiger partial charge in [0.1, 0.15) is 12.2 Å². The molecule has 1 rings (SSSR count). The van der Waals surface area contributed by atoms with Crippen LogP contribution in [0.5, 0.6) is 0 Å². The van der Waals surface area contributed by atoms with Crippen LogP contribution in [0, 0.1) is 10.5 Å². The van der Waals surface area contributed by atoms with E-state index in [1.807, 2.05) is 32.9 Å². The SMILES string of the molecule is Cc1ccc(COCC(=O)OC(C)(C)C)cc1I. The van der Waals surface area contributed by atoms with Crippen molar-refractivity contribution in [3.63, 3.8) is 0 Å². The molecule has 0 heterocycles.